The normalized spacial score (nSPS) is 21.1. The summed E-state index contributed by atoms with van der Waals surface area (Å²) >= 11 is 0. The number of carbonyl (C=O) groups excluding carboxylic acids is 4. The molecule has 0 aliphatic carbocycles. The minimum atomic E-state index is -0.517. The number of nitrogens with zero attached hydrogens (tertiary/aromatic N) is 3. The van der Waals surface area contributed by atoms with Crippen molar-refractivity contribution < 1.29 is 33.5 Å². The van der Waals surface area contributed by atoms with Crippen LogP contribution in [0.4, 0.5) is 9.59 Å². The zero-order chi connectivity index (χ0) is 26.1. The molecule has 3 amide bonds. The van der Waals surface area contributed by atoms with Crippen LogP contribution in [0.3, 0.4) is 0 Å². The van der Waals surface area contributed by atoms with Gasteiger partial charge in [-0.3, -0.25) is 9.63 Å². The van der Waals surface area contributed by atoms with E-state index >= 15 is 0 Å². The monoisotopic (exact) mass is 485 g/mol. The third-order valence-corrected chi connectivity index (χ3v) is 5.31. The average Bonchev–Trinajstić information content (AvgIpc) is 2.76. The van der Waals surface area contributed by atoms with Crippen molar-refractivity contribution in [3.63, 3.8) is 0 Å². The summed E-state index contributed by atoms with van der Waals surface area (Å²) in [5.41, 5.74) is -0.984. The summed E-state index contributed by atoms with van der Waals surface area (Å²) in [6.07, 6.45) is 3.58. The number of hydroxylamine groups is 2. The summed E-state index contributed by atoms with van der Waals surface area (Å²) in [7, 11) is 3.03. The van der Waals surface area contributed by atoms with Crippen LogP contribution < -0.4 is 0 Å². The Morgan fingerprint density at radius 3 is 1.76 bits per heavy atom. The highest BCUT2D eigenvalue weighted by Gasteiger charge is 2.32. The Balaban J connectivity index is 0.000000350. The third-order valence-electron chi connectivity index (χ3n) is 5.31. The molecule has 0 radical (unpaired) electrons. The molecule has 0 N–H and O–H groups in total. The molecule has 196 valence electrons. The van der Waals surface area contributed by atoms with Gasteiger partial charge in [0, 0.05) is 39.1 Å². The van der Waals surface area contributed by atoms with Gasteiger partial charge in [-0.05, 0) is 67.2 Å². The van der Waals surface area contributed by atoms with Crippen molar-refractivity contribution in [1.82, 2.24) is 14.9 Å². The second kappa shape index (κ2) is 12.9. The van der Waals surface area contributed by atoms with E-state index in [-0.39, 0.29) is 29.9 Å². The zero-order valence-electron chi connectivity index (χ0n) is 22.1. The van der Waals surface area contributed by atoms with E-state index < -0.39 is 11.2 Å². The van der Waals surface area contributed by atoms with Crippen LogP contribution in [0.5, 0.6) is 0 Å². The van der Waals surface area contributed by atoms with Crippen molar-refractivity contribution in [3.8, 4) is 0 Å². The van der Waals surface area contributed by atoms with Gasteiger partial charge < -0.3 is 24.1 Å². The first kappa shape index (κ1) is 29.7. The van der Waals surface area contributed by atoms with Gasteiger partial charge in [0.2, 0.25) is 0 Å². The maximum Gasteiger partial charge on any atom is 0.410 e. The lowest BCUT2D eigenvalue weighted by atomic mass is 9.97. The highest BCUT2D eigenvalue weighted by molar-refractivity contribution is 5.79. The Kier molecular flexibility index (Phi) is 11.3. The van der Waals surface area contributed by atoms with Gasteiger partial charge in [-0.15, -0.1) is 0 Å². The minimum Gasteiger partial charge on any atom is -0.444 e. The molecule has 2 heterocycles. The lowest BCUT2D eigenvalue weighted by Gasteiger charge is -2.34. The smallest absolute Gasteiger partial charge is 0.410 e. The summed E-state index contributed by atoms with van der Waals surface area (Å²) in [6.45, 7) is 13.2. The summed E-state index contributed by atoms with van der Waals surface area (Å²) in [4.78, 5) is 54.4. The van der Waals surface area contributed by atoms with Crippen LogP contribution in [0.2, 0.25) is 0 Å². The predicted molar refractivity (Wildman–Crippen MR) is 127 cm³/mol. The predicted octanol–water partition coefficient (Wildman–Crippen LogP) is 3.49. The van der Waals surface area contributed by atoms with Crippen LogP contribution in [0.25, 0.3) is 0 Å². The van der Waals surface area contributed by atoms with Crippen molar-refractivity contribution >= 4 is 24.4 Å². The number of aldehydes is 1. The van der Waals surface area contributed by atoms with Gasteiger partial charge in [-0.1, -0.05) is 0 Å². The SMILES string of the molecule is CC(C)(C)OC(=O)N1CCCC(C=O)C1.CON(C)C(=O)C1CCCN(C(=O)OC(C)(C)C)C1. The summed E-state index contributed by atoms with van der Waals surface area (Å²) in [5, 5.41) is 1.21. The molecule has 2 rings (SSSR count). The Morgan fingerprint density at radius 2 is 1.32 bits per heavy atom. The minimum absolute atomic E-state index is 0.0220. The van der Waals surface area contributed by atoms with Gasteiger partial charge in [0.05, 0.1) is 13.0 Å². The summed E-state index contributed by atoms with van der Waals surface area (Å²) in [5.74, 6) is -0.340. The van der Waals surface area contributed by atoms with Crippen molar-refractivity contribution in [2.24, 2.45) is 11.8 Å². The molecule has 2 aliphatic heterocycles. The van der Waals surface area contributed by atoms with Crippen molar-refractivity contribution in [2.45, 2.75) is 78.4 Å². The summed E-state index contributed by atoms with van der Waals surface area (Å²) < 4.78 is 10.6. The zero-order valence-corrected chi connectivity index (χ0v) is 22.1. The van der Waals surface area contributed by atoms with Gasteiger partial charge >= 0.3 is 12.2 Å². The maximum atomic E-state index is 12.0. The van der Waals surface area contributed by atoms with E-state index in [9.17, 15) is 19.2 Å². The van der Waals surface area contributed by atoms with Crippen LogP contribution in [0.1, 0.15) is 67.2 Å². The molecule has 0 aromatic heterocycles. The first-order valence-corrected chi connectivity index (χ1v) is 11.9. The van der Waals surface area contributed by atoms with Crippen LogP contribution in [-0.2, 0) is 23.9 Å². The molecule has 0 aromatic carbocycles. The van der Waals surface area contributed by atoms with E-state index in [2.05, 4.69) is 0 Å². The van der Waals surface area contributed by atoms with Gasteiger partial charge in [0.1, 0.15) is 17.5 Å². The number of ether oxygens (including phenoxy) is 2. The van der Waals surface area contributed by atoms with Gasteiger partial charge in [-0.2, -0.15) is 0 Å². The Labute approximate surface area is 203 Å². The first-order valence-electron chi connectivity index (χ1n) is 11.9. The largest absolute Gasteiger partial charge is 0.444 e. The fraction of sp³-hybridized carbons (Fsp3) is 0.833. The Bertz CT molecular complexity index is 700. The highest BCUT2D eigenvalue weighted by atomic mass is 16.7. The number of hydrogen-bond acceptors (Lipinski definition) is 7. The molecular formula is C24H43N3O7. The van der Waals surface area contributed by atoms with Gasteiger partial charge in [0.15, 0.2) is 0 Å². The second-order valence-electron chi connectivity index (χ2n) is 10.7. The van der Waals surface area contributed by atoms with Crippen molar-refractivity contribution in [2.75, 3.05) is 40.3 Å². The maximum absolute atomic E-state index is 12.0. The van der Waals surface area contributed by atoms with Crippen molar-refractivity contribution in [3.05, 3.63) is 0 Å². The standard InChI is InChI=1S/C13H24N2O4.C11H19NO3/c1-13(2,3)19-12(17)15-8-6-7-10(9-15)11(16)14(4)18-5;1-11(2,3)15-10(14)12-6-4-5-9(7-12)8-13/h10H,6-9H2,1-5H3;8-9H,4-7H2,1-3H3. The first-order chi connectivity index (χ1) is 15.7. The molecule has 10 nitrogen and oxygen atoms in total. The number of rotatable bonds is 3. The third kappa shape index (κ3) is 10.7. The number of piperidine rings is 2. The van der Waals surface area contributed by atoms with Gasteiger partial charge in [-0.25, -0.2) is 14.7 Å². The number of carbonyl (C=O) groups is 4. The number of likely N-dealkylation sites (tertiary alicyclic amines) is 2. The van der Waals surface area contributed by atoms with Crippen LogP contribution in [0.15, 0.2) is 0 Å². The van der Waals surface area contributed by atoms with E-state index in [0.717, 1.165) is 32.0 Å². The Morgan fingerprint density at radius 1 is 0.853 bits per heavy atom. The summed E-state index contributed by atoms with van der Waals surface area (Å²) in [6, 6.07) is 0. The molecule has 0 saturated carbocycles. The molecule has 0 bridgehead atoms. The molecule has 10 heteroatoms. The van der Waals surface area contributed by atoms with E-state index in [1.54, 1.807) is 16.8 Å². The average molecular weight is 486 g/mol. The lowest BCUT2D eigenvalue weighted by molar-refractivity contribution is -0.174. The molecule has 2 fully saturated rings. The topological polar surface area (TPSA) is 106 Å². The molecular weight excluding hydrogens is 442 g/mol. The highest BCUT2D eigenvalue weighted by Crippen LogP contribution is 2.21. The van der Waals surface area contributed by atoms with Crippen LogP contribution >= 0.6 is 0 Å². The van der Waals surface area contributed by atoms with Gasteiger partial charge in [0.25, 0.3) is 5.91 Å². The fourth-order valence-corrected chi connectivity index (χ4v) is 3.63. The van der Waals surface area contributed by atoms with Crippen LogP contribution in [0, 0.1) is 11.8 Å². The van der Waals surface area contributed by atoms with Crippen LogP contribution in [-0.4, -0.2) is 90.8 Å². The molecule has 0 spiro atoms. The number of amides is 3. The fourth-order valence-electron chi connectivity index (χ4n) is 3.63. The second-order valence-corrected chi connectivity index (χ2v) is 10.7. The molecule has 2 atom stereocenters. The molecule has 2 saturated heterocycles. The lowest BCUT2D eigenvalue weighted by Crippen LogP contribution is -2.47. The molecule has 2 unspecified atom stereocenters. The van der Waals surface area contributed by atoms with E-state index in [0.29, 0.717) is 26.2 Å². The van der Waals surface area contributed by atoms with E-state index in [4.69, 9.17) is 14.3 Å². The Hall–Kier alpha value is -2.36. The molecule has 0 aromatic rings. The molecule has 2 aliphatic rings. The van der Waals surface area contributed by atoms with Crippen molar-refractivity contribution in [1.29, 1.82) is 0 Å². The van der Waals surface area contributed by atoms with E-state index in [1.165, 1.54) is 12.2 Å². The number of hydrogen-bond donors (Lipinski definition) is 0. The molecule has 34 heavy (non-hydrogen) atoms. The van der Waals surface area contributed by atoms with E-state index in [1.807, 2.05) is 41.5 Å². The quantitative estimate of drug-likeness (QED) is 0.445.